The molecule has 1 aromatic rings. The smallest absolute Gasteiger partial charge is 0.164 e. The Hall–Kier alpha value is -1.71. The predicted octanol–water partition coefficient (Wildman–Crippen LogP) is 2.02. The number of fused-ring (bicyclic) bond motifs is 1. The third-order valence-corrected chi connectivity index (χ3v) is 3.09. The van der Waals surface area contributed by atoms with Crippen LogP contribution in [-0.2, 0) is 0 Å². The average Bonchev–Trinajstić information content (AvgIpc) is 3.08. The number of hydrogen-bond acceptors (Lipinski definition) is 4. The van der Waals surface area contributed by atoms with Crippen molar-refractivity contribution in [3.63, 3.8) is 0 Å². The van der Waals surface area contributed by atoms with Gasteiger partial charge < -0.3 is 14.7 Å². The maximum Gasteiger partial charge on any atom is 0.164 e. The molecule has 2 unspecified atom stereocenters. The van der Waals surface area contributed by atoms with Crippen molar-refractivity contribution in [3.05, 3.63) is 23.8 Å². The average molecular weight is 219 g/mol. The van der Waals surface area contributed by atoms with E-state index in [-0.39, 0.29) is 0 Å². The first kappa shape index (κ1) is 9.51. The number of nitrogens with zero attached hydrogens (tertiary/aromatic N) is 1. The second-order valence-electron chi connectivity index (χ2n) is 4.14. The number of ether oxygens (including phenoxy) is 2. The number of para-hydroxylation sites is 1. The zero-order chi connectivity index (χ0) is 11.0. The second kappa shape index (κ2) is 3.70. The second-order valence-corrected chi connectivity index (χ2v) is 4.14. The lowest BCUT2D eigenvalue weighted by Gasteiger charge is -2.20. The van der Waals surface area contributed by atoms with Crippen LogP contribution in [0.25, 0.3) is 0 Å². The van der Waals surface area contributed by atoms with Crippen molar-refractivity contribution >= 4 is 6.21 Å². The molecule has 1 fully saturated rings. The normalized spacial score (nSPS) is 27.0. The van der Waals surface area contributed by atoms with Crippen LogP contribution >= 0.6 is 0 Å². The van der Waals surface area contributed by atoms with E-state index in [1.54, 1.807) is 6.21 Å². The third-order valence-electron chi connectivity index (χ3n) is 3.09. The fraction of sp³-hybridized carbons (Fsp3) is 0.417. The number of hydrogen-bond donors (Lipinski definition) is 1. The Morgan fingerprint density at radius 3 is 3.06 bits per heavy atom. The molecular weight excluding hydrogens is 206 g/mol. The van der Waals surface area contributed by atoms with E-state index in [0.717, 1.165) is 17.9 Å². The molecular formula is C12H13NO3. The Kier molecular flexibility index (Phi) is 2.20. The standard InChI is InChI=1S/C12H13NO3/c14-13-7-8-6-10(8)9-2-1-3-11-12(9)16-5-4-15-11/h1-3,7-8,10,14H,4-6H2/b13-7+. The Labute approximate surface area is 93.5 Å². The van der Waals surface area contributed by atoms with E-state index in [9.17, 15) is 0 Å². The molecule has 1 aliphatic carbocycles. The summed E-state index contributed by atoms with van der Waals surface area (Å²) in [6.45, 7) is 1.22. The van der Waals surface area contributed by atoms with E-state index in [2.05, 4.69) is 11.2 Å². The number of benzene rings is 1. The Morgan fingerprint density at radius 1 is 1.31 bits per heavy atom. The van der Waals surface area contributed by atoms with Crippen molar-refractivity contribution in [1.82, 2.24) is 0 Å². The summed E-state index contributed by atoms with van der Waals surface area (Å²) in [5.74, 6) is 2.44. The van der Waals surface area contributed by atoms with Crippen LogP contribution in [0.3, 0.4) is 0 Å². The van der Waals surface area contributed by atoms with Crippen LogP contribution in [0.1, 0.15) is 17.9 Å². The quantitative estimate of drug-likeness (QED) is 0.470. The van der Waals surface area contributed by atoms with Crippen molar-refractivity contribution < 1.29 is 14.7 Å². The highest BCUT2D eigenvalue weighted by molar-refractivity contribution is 5.68. The Morgan fingerprint density at radius 2 is 2.19 bits per heavy atom. The molecule has 1 saturated carbocycles. The summed E-state index contributed by atoms with van der Waals surface area (Å²) in [5, 5.41) is 11.6. The van der Waals surface area contributed by atoms with Crippen molar-refractivity contribution in [2.45, 2.75) is 12.3 Å². The van der Waals surface area contributed by atoms with Gasteiger partial charge in [0.05, 0.1) is 0 Å². The summed E-state index contributed by atoms with van der Waals surface area (Å²) in [6, 6.07) is 5.97. The maximum absolute atomic E-state index is 8.49. The van der Waals surface area contributed by atoms with Crippen LogP contribution < -0.4 is 9.47 Å². The lowest BCUT2D eigenvalue weighted by Crippen LogP contribution is -2.16. The zero-order valence-corrected chi connectivity index (χ0v) is 8.80. The number of rotatable bonds is 2. The van der Waals surface area contributed by atoms with E-state index in [4.69, 9.17) is 14.7 Å². The van der Waals surface area contributed by atoms with Gasteiger partial charge in [0.25, 0.3) is 0 Å². The topological polar surface area (TPSA) is 51.1 Å². The number of oxime groups is 1. The molecule has 0 amide bonds. The fourth-order valence-corrected chi connectivity index (χ4v) is 2.21. The molecule has 0 aromatic heterocycles. The largest absolute Gasteiger partial charge is 0.486 e. The molecule has 1 aliphatic heterocycles. The van der Waals surface area contributed by atoms with Crippen LogP contribution in [0.4, 0.5) is 0 Å². The molecule has 4 nitrogen and oxygen atoms in total. The summed E-state index contributed by atoms with van der Waals surface area (Å²) < 4.78 is 11.2. The van der Waals surface area contributed by atoms with Gasteiger partial charge in [-0.2, -0.15) is 0 Å². The Bertz CT molecular complexity index is 430. The fourth-order valence-electron chi connectivity index (χ4n) is 2.21. The summed E-state index contributed by atoms with van der Waals surface area (Å²) in [7, 11) is 0. The molecule has 84 valence electrons. The van der Waals surface area contributed by atoms with Gasteiger partial charge in [-0.1, -0.05) is 12.1 Å². The highest BCUT2D eigenvalue weighted by Crippen LogP contribution is 2.51. The van der Waals surface area contributed by atoms with Crippen LogP contribution in [-0.4, -0.2) is 24.6 Å². The summed E-state index contributed by atoms with van der Waals surface area (Å²) in [4.78, 5) is 0. The lowest BCUT2D eigenvalue weighted by atomic mass is 10.1. The monoisotopic (exact) mass is 219 g/mol. The molecule has 0 radical (unpaired) electrons. The van der Waals surface area contributed by atoms with E-state index in [1.807, 2.05) is 12.1 Å². The van der Waals surface area contributed by atoms with Gasteiger partial charge in [0.15, 0.2) is 11.5 Å². The molecule has 2 atom stereocenters. The minimum absolute atomic E-state index is 0.335. The van der Waals surface area contributed by atoms with Gasteiger partial charge in [-0.3, -0.25) is 0 Å². The highest BCUT2D eigenvalue weighted by atomic mass is 16.6. The SMILES string of the molecule is O/N=C/C1CC1c1cccc2c1OCCO2. The van der Waals surface area contributed by atoms with Crippen LogP contribution in [0.15, 0.2) is 23.4 Å². The van der Waals surface area contributed by atoms with E-state index in [0.29, 0.717) is 25.0 Å². The van der Waals surface area contributed by atoms with Gasteiger partial charge in [0, 0.05) is 17.7 Å². The van der Waals surface area contributed by atoms with E-state index < -0.39 is 0 Å². The van der Waals surface area contributed by atoms with Gasteiger partial charge >= 0.3 is 0 Å². The van der Waals surface area contributed by atoms with Crippen molar-refractivity contribution in [2.24, 2.45) is 11.1 Å². The molecule has 0 saturated heterocycles. The van der Waals surface area contributed by atoms with E-state index in [1.165, 1.54) is 5.56 Å². The molecule has 1 heterocycles. The summed E-state index contributed by atoms with van der Waals surface area (Å²) in [5.41, 5.74) is 1.17. The van der Waals surface area contributed by atoms with Gasteiger partial charge in [0.2, 0.25) is 0 Å². The Balaban J connectivity index is 1.90. The van der Waals surface area contributed by atoms with Crippen LogP contribution in [0, 0.1) is 5.92 Å². The molecule has 3 rings (SSSR count). The minimum atomic E-state index is 0.335. The van der Waals surface area contributed by atoms with Crippen LogP contribution in [0.2, 0.25) is 0 Å². The summed E-state index contributed by atoms with van der Waals surface area (Å²) >= 11 is 0. The summed E-state index contributed by atoms with van der Waals surface area (Å²) in [6.07, 6.45) is 2.61. The third kappa shape index (κ3) is 1.50. The van der Waals surface area contributed by atoms with Crippen LogP contribution in [0.5, 0.6) is 11.5 Å². The van der Waals surface area contributed by atoms with Gasteiger partial charge in [-0.25, -0.2) is 0 Å². The molecule has 0 bridgehead atoms. The van der Waals surface area contributed by atoms with Crippen molar-refractivity contribution in [2.75, 3.05) is 13.2 Å². The first-order chi connectivity index (χ1) is 7.90. The molecule has 1 N–H and O–H groups in total. The van der Waals surface area contributed by atoms with Gasteiger partial charge in [0.1, 0.15) is 13.2 Å². The molecule has 4 heteroatoms. The zero-order valence-electron chi connectivity index (χ0n) is 8.80. The maximum atomic E-state index is 8.49. The van der Waals surface area contributed by atoms with Crippen molar-refractivity contribution in [3.8, 4) is 11.5 Å². The molecule has 1 aromatic carbocycles. The molecule has 16 heavy (non-hydrogen) atoms. The van der Waals surface area contributed by atoms with Crippen molar-refractivity contribution in [1.29, 1.82) is 0 Å². The molecule has 2 aliphatic rings. The first-order valence-corrected chi connectivity index (χ1v) is 5.46. The minimum Gasteiger partial charge on any atom is -0.486 e. The molecule has 0 spiro atoms. The predicted molar refractivity (Wildman–Crippen MR) is 58.6 cm³/mol. The van der Waals surface area contributed by atoms with E-state index >= 15 is 0 Å². The van der Waals surface area contributed by atoms with Gasteiger partial charge in [-0.15, -0.1) is 5.16 Å². The van der Waals surface area contributed by atoms with Gasteiger partial charge in [-0.05, 0) is 18.4 Å². The first-order valence-electron chi connectivity index (χ1n) is 5.46. The lowest BCUT2D eigenvalue weighted by molar-refractivity contribution is 0.170. The highest BCUT2D eigenvalue weighted by Gasteiger charge is 2.40.